The smallest absolute Gasteiger partial charge is 0.247 e. The Hall–Kier alpha value is -3.17. The third-order valence-electron chi connectivity index (χ3n) is 5.26. The van der Waals surface area contributed by atoms with Gasteiger partial charge in [0, 0.05) is 49.2 Å². The average Bonchev–Trinajstić information content (AvgIpc) is 3.17. The summed E-state index contributed by atoms with van der Waals surface area (Å²) < 4.78 is 26.6. The third kappa shape index (κ3) is 5.17. The molecule has 1 heterocycles. The Morgan fingerprint density at radius 3 is 2.31 bits per heavy atom. The van der Waals surface area contributed by atoms with Crippen LogP contribution in [0.2, 0.25) is 0 Å². The van der Waals surface area contributed by atoms with E-state index in [0.717, 1.165) is 16.5 Å². The highest BCUT2D eigenvalue weighted by atomic mass is 32.2. The van der Waals surface area contributed by atoms with Crippen LogP contribution in [0.25, 0.3) is 10.9 Å². The number of nitrogens with one attached hydrogen (secondary N) is 3. The second-order valence-electron chi connectivity index (χ2n) is 7.42. The lowest BCUT2D eigenvalue weighted by atomic mass is 10.0. The lowest BCUT2D eigenvalue weighted by Gasteiger charge is -2.19. The van der Waals surface area contributed by atoms with Crippen LogP contribution in [0, 0.1) is 0 Å². The van der Waals surface area contributed by atoms with Gasteiger partial charge in [0.2, 0.25) is 21.8 Å². The SMILES string of the molecule is CCN(CC)S(=O)(=O)c1ccc(NC(=O)[C@@H](Cc2c[nH]c3ccccc23)NC(C)=O)cc1. The predicted molar refractivity (Wildman–Crippen MR) is 125 cm³/mol. The Morgan fingerprint density at radius 1 is 1.03 bits per heavy atom. The van der Waals surface area contributed by atoms with E-state index in [0.29, 0.717) is 25.2 Å². The fourth-order valence-electron chi connectivity index (χ4n) is 3.63. The van der Waals surface area contributed by atoms with Crippen LogP contribution in [0.15, 0.2) is 59.6 Å². The van der Waals surface area contributed by atoms with Crippen molar-refractivity contribution in [2.45, 2.75) is 38.1 Å². The summed E-state index contributed by atoms with van der Waals surface area (Å²) in [4.78, 5) is 28.0. The highest BCUT2D eigenvalue weighted by molar-refractivity contribution is 7.89. The van der Waals surface area contributed by atoms with Crippen molar-refractivity contribution < 1.29 is 18.0 Å². The minimum atomic E-state index is -3.57. The minimum absolute atomic E-state index is 0.163. The molecule has 3 aromatic rings. The van der Waals surface area contributed by atoms with Gasteiger partial charge in [0.1, 0.15) is 6.04 Å². The molecular formula is C23H28N4O4S. The number of H-pyrrole nitrogens is 1. The zero-order valence-electron chi connectivity index (χ0n) is 18.4. The number of carbonyl (C=O) groups is 2. The molecule has 32 heavy (non-hydrogen) atoms. The molecule has 0 saturated heterocycles. The number of nitrogens with zero attached hydrogens (tertiary/aromatic N) is 1. The molecule has 0 aliphatic heterocycles. The van der Waals surface area contributed by atoms with Crippen LogP contribution in [0.1, 0.15) is 26.3 Å². The topological polar surface area (TPSA) is 111 Å². The van der Waals surface area contributed by atoms with Crippen LogP contribution in [-0.2, 0) is 26.0 Å². The summed E-state index contributed by atoms with van der Waals surface area (Å²) in [6, 6.07) is 13.0. The van der Waals surface area contributed by atoms with E-state index in [4.69, 9.17) is 0 Å². The Bertz CT molecular complexity index is 1200. The molecule has 2 amide bonds. The molecule has 0 aliphatic carbocycles. The Labute approximate surface area is 188 Å². The lowest BCUT2D eigenvalue weighted by molar-refractivity contribution is -0.125. The summed E-state index contributed by atoms with van der Waals surface area (Å²) in [5, 5.41) is 6.46. The van der Waals surface area contributed by atoms with Gasteiger partial charge in [-0.2, -0.15) is 4.31 Å². The van der Waals surface area contributed by atoms with Gasteiger partial charge in [-0.25, -0.2) is 8.42 Å². The van der Waals surface area contributed by atoms with Crippen molar-refractivity contribution in [1.82, 2.24) is 14.6 Å². The van der Waals surface area contributed by atoms with Gasteiger partial charge in [-0.05, 0) is 35.9 Å². The number of carbonyl (C=O) groups excluding carboxylic acids is 2. The summed E-state index contributed by atoms with van der Waals surface area (Å²) >= 11 is 0. The van der Waals surface area contributed by atoms with E-state index >= 15 is 0 Å². The standard InChI is InChI=1S/C23H28N4O4S/c1-4-27(5-2)32(30,31)19-12-10-18(11-13-19)26-23(29)22(25-16(3)28)14-17-15-24-21-9-7-6-8-20(17)21/h6-13,15,22,24H,4-5,14H2,1-3H3,(H,25,28)(H,26,29)/t22-/m1/s1. The molecule has 0 aliphatic rings. The molecule has 8 nitrogen and oxygen atoms in total. The first kappa shape index (κ1) is 23.5. The summed E-state index contributed by atoms with van der Waals surface area (Å²) in [7, 11) is -3.57. The van der Waals surface area contributed by atoms with Crippen LogP contribution >= 0.6 is 0 Å². The number of amides is 2. The second kappa shape index (κ2) is 9.97. The van der Waals surface area contributed by atoms with Crippen molar-refractivity contribution in [2.75, 3.05) is 18.4 Å². The molecule has 9 heteroatoms. The first-order valence-electron chi connectivity index (χ1n) is 10.5. The number of fused-ring (bicyclic) bond motifs is 1. The van der Waals surface area contributed by atoms with Gasteiger partial charge < -0.3 is 15.6 Å². The molecule has 1 atom stereocenters. The van der Waals surface area contributed by atoms with E-state index in [1.54, 1.807) is 26.0 Å². The van der Waals surface area contributed by atoms with Gasteiger partial charge in [-0.15, -0.1) is 0 Å². The number of benzene rings is 2. The maximum Gasteiger partial charge on any atom is 0.247 e. The summed E-state index contributed by atoms with van der Waals surface area (Å²) in [6.07, 6.45) is 2.14. The van der Waals surface area contributed by atoms with E-state index in [1.807, 2.05) is 30.5 Å². The highest BCUT2D eigenvalue weighted by Gasteiger charge is 2.23. The van der Waals surface area contributed by atoms with Gasteiger partial charge in [0.05, 0.1) is 4.90 Å². The predicted octanol–water partition coefficient (Wildman–Crippen LogP) is 2.88. The van der Waals surface area contributed by atoms with E-state index in [1.165, 1.54) is 23.4 Å². The number of aromatic amines is 1. The van der Waals surface area contributed by atoms with Gasteiger partial charge in [0.15, 0.2) is 0 Å². The molecule has 0 unspecified atom stereocenters. The average molecular weight is 457 g/mol. The number of hydrogen-bond donors (Lipinski definition) is 3. The van der Waals surface area contributed by atoms with Crippen molar-refractivity contribution in [1.29, 1.82) is 0 Å². The molecule has 0 fully saturated rings. The van der Waals surface area contributed by atoms with Crippen molar-refractivity contribution in [2.24, 2.45) is 0 Å². The zero-order valence-corrected chi connectivity index (χ0v) is 19.2. The van der Waals surface area contributed by atoms with Gasteiger partial charge in [-0.1, -0.05) is 32.0 Å². The van der Waals surface area contributed by atoms with Crippen LogP contribution in [0.5, 0.6) is 0 Å². The minimum Gasteiger partial charge on any atom is -0.361 e. The summed E-state index contributed by atoms with van der Waals surface area (Å²) in [6.45, 7) is 5.69. The van der Waals surface area contributed by atoms with Gasteiger partial charge >= 0.3 is 0 Å². The van der Waals surface area contributed by atoms with Gasteiger partial charge in [0.25, 0.3) is 0 Å². The quantitative estimate of drug-likeness (QED) is 0.460. The largest absolute Gasteiger partial charge is 0.361 e. The first-order valence-corrected chi connectivity index (χ1v) is 11.9. The molecule has 3 N–H and O–H groups in total. The molecule has 0 spiro atoms. The van der Waals surface area contributed by atoms with Crippen molar-refractivity contribution in [3.05, 3.63) is 60.3 Å². The molecule has 3 rings (SSSR count). The Kier molecular flexibility index (Phi) is 7.32. The summed E-state index contributed by atoms with van der Waals surface area (Å²) in [5.41, 5.74) is 2.31. The normalized spacial score (nSPS) is 12.6. The van der Waals surface area contributed by atoms with Crippen molar-refractivity contribution >= 4 is 38.4 Å². The number of hydrogen-bond acceptors (Lipinski definition) is 4. The van der Waals surface area contributed by atoms with Crippen LogP contribution in [0.4, 0.5) is 5.69 Å². The lowest BCUT2D eigenvalue weighted by Crippen LogP contribution is -2.44. The van der Waals surface area contributed by atoms with Crippen molar-refractivity contribution in [3.8, 4) is 0 Å². The Balaban J connectivity index is 1.77. The number of anilines is 1. The third-order valence-corrected chi connectivity index (χ3v) is 7.32. The van der Waals surface area contributed by atoms with E-state index < -0.39 is 16.1 Å². The summed E-state index contributed by atoms with van der Waals surface area (Å²) in [5.74, 6) is -0.699. The molecule has 1 aromatic heterocycles. The molecule has 2 aromatic carbocycles. The fraction of sp³-hybridized carbons (Fsp3) is 0.304. The second-order valence-corrected chi connectivity index (χ2v) is 9.36. The fourth-order valence-corrected chi connectivity index (χ4v) is 5.09. The number of sulfonamides is 1. The van der Waals surface area contributed by atoms with Crippen molar-refractivity contribution in [3.63, 3.8) is 0 Å². The van der Waals surface area contributed by atoms with Gasteiger partial charge in [-0.3, -0.25) is 9.59 Å². The van der Waals surface area contributed by atoms with Crippen LogP contribution < -0.4 is 10.6 Å². The molecule has 0 radical (unpaired) electrons. The highest BCUT2D eigenvalue weighted by Crippen LogP contribution is 2.21. The molecular weight excluding hydrogens is 428 g/mol. The monoisotopic (exact) mass is 456 g/mol. The van der Waals surface area contributed by atoms with Crippen LogP contribution in [0.3, 0.4) is 0 Å². The van der Waals surface area contributed by atoms with E-state index in [2.05, 4.69) is 15.6 Å². The van der Waals surface area contributed by atoms with E-state index in [9.17, 15) is 18.0 Å². The first-order chi connectivity index (χ1) is 15.3. The zero-order chi connectivity index (χ0) is 23.3. The molecule has 0 bridgehead atoms. The maximum absolute atomic E-state index is 12.9. The molecule has 170 valence electrons. The maximum atomic E-state index is 12.9. The van der Waals surface area contributed by atoms with Crippen LogP contribution in [-0.4, -0.2) is 48.7 Å². The molecule has 0 saturated carbocycles. The Morgan fingerprint density at radius 2 is 1.69 bits per heavy atom. The number of aromatic nitrogens is 1. The number of para-hydroxylation sites is 1. The van der Waals surface area contributed by atoms with E-state index in [-0.39, 0.29) is 16.7 Å². The number of rotatable bonds is 9.